The Kier molecular flexibility index (Phi) is 5.52. The van der Waals surface area contributed by atoms with Crippen molar-refractivity contribution in [1.82, 2.24) is 4.90 Å². The van der Waals surface area contributed by atoms with E-state index in [2.05, 4.69) is 18.7 Å². The van der Waals surface area contributed by atoms with Crippen molar-refractivity contribution in [3.63, 3.8) is 0 Å². The van der Waals surface area contributed by atoms with E-state index in [1.807, 2.05) is 12.1 Å². The second-order valence-corrected chi connectivity index (χ2v) is 4.09. The average molecular weight is 227 g/mol. The van der Waals surface area contributed by atoms with Crippen LogP contribution in [-0.4, -0.2) is 36.3 Å². The van der Waals surface area contributed by atoms with Crippen LogP contribution in [0.3, 0.4) is 0 Å². The molecule has 0 aliphatic rings. The van der Waals surface area contributed by atoms with E-state index in [-0.39, 0.29) is 6.61 Å². The van der Waals surface area contributed by atoms with Gasteiger partial charge >= 0.3 is 0 Å². The van der Waals surface area contributed by atoms with E-state index < -0.39 is 0 Å². The molecule has 0 amide bonds. The number of nitrogens with zero attached hydrogens (tertiary/aromatic N) is 1. The van der Waals surface area contributed by atoms with Gasteiger partial charge in [-0.25, -0.2) is 0 Å². The third-order valence-corrected chi connectivity index (χ3v) is 2.48. The first-order valence-corrected chi connectivity index (χ1v) is 5.58. The Morgan fingerprint density at radius 3 is 2.62 bits per heavy atom. The Balaban J connectivity index is 2.55. The van der Waals surface area contributed by atoms with Crippen LogP contribution in [0.5, 0.6) is 0 Å². The number of ether oxygens (including phenoxy) is 1. The highest BCUT2D eigenvalue weighted by atomic mass is 16.5. The molecule has 0 radical (unpaired) electrons. The quantitative estimate of drug-likeness (QED) is 0.769. The zero-order valence-corrected chi connectivity index (χ0v) is 10.3. The number of hydrogen-bond acceptors (Lipinski definition) is 4. The zero-order valence-electron chi connectivity index (χ0n) is 10.3. The molecule has 92 valence electrons. The Morgan fingerprint density at radius 1 is 1.38 bits per heavy atom. The molecular weight excluding hydrogens is 206 g/mol. The van der Waals surface area contributed by atoms with Crippen LogP contribution in [0.1, 0.15) is 25.4 Å². The van der Waals surface area contributed by atoms with Crippen LogP contribution < -0.4 is 0 Å². The molecule has 1 N–H and O–H groups in total. The molecule has 0 bridgehead atoms. The molecule has 1 aromatic rings. The Morgan fingerprint density at radius 2 is 2.06 bits per heavy atom. The van der Waals surface area contributed by atoms with Crippen molar-refractivity contribution in [2.45, 2.75) is 33.0 Å². The average Bonchev–Trinajstić information content (AvgIpc) is 2.65. The predicted molar refractivity (Wildman–Crippen MR) is 62.1 cm³/mol. The van der Waals surface area contributed by atoms with E-state index in [0.717, 1.165) is 18.1 Å². The van der Waals surface area contributed by atoms with Crippen LogP contribution in [0.25, 0.3) is 0 Å². The fraction of sp³-hybridized carbons (Fsp3) is 0.667. The second-order valence-electron chi connectivity index (χ2n) is 4.09. The summed E-state index contributed by atoms with van der Waals surface area (Å²) < 4.78 is 10.6. The van der Waals surface area contributed by atoms with Gasteiger partial charge in [0.15, 0.2) is 0 Å². The standard InChI is InChI=1S/C12H21NO3/c1-10(2)13(6-7-14)8-11-4-5-12(16-11)9-15-3/h4-5,10,14H,6-9H2,1-3H3. The lowest BCUT2D eigenvalue weighted by Gasteiger charge is -2.24. The van der Waals surface area contributed by atoms with Crippen molar-refractivity contribution < 1.29 is 14.3 Å². The van der Waals surface area contributed by atoms with Gasteiger partial charge in [-0.2, -0.15) is 0 Å². The molecule has 1 heterocycles. The van der Waals surface area contributed by atoms with E-state index >= 15 is 0 Å². The fourth-order valence-corrected chi connectivity index (χ4v) is 1.58. The lowest BCUT2D eigenvalue weighted by molar-refractivity contribution is 0.140. The van der Waals surface area contributed by atoms with Gasteiger partial charge in [0.1, 0.15) is 18.1 Å². The Labute approximate surface area is 96.8 Å². The zero-order chi connectivity index (χ0) is 12.0. The molecule has 0 aliphatic carbocycles. The highest BCUT2D eigenvalue weighted by Crippen LogP contribution is 2.12. The SMILES string of the molecule is COCc1ccc(CN(CCO)C(C)C)o1. The third kappa shape index (κ3) is 3.96. The van der Waals surface area contributed by atoms with Gasteiger partial charge in [0.2, 0.25) is 0 Å². The number of rotatable bonds is 7. The summed E-state index contributed by atoms with van der Waals surface area (Å²) in [7, 11) is 1.65. The van der Waals surface area contributed by atoms with Gasteiger partial charge in [-0.1, -0.05) is 0 Å². The molecule has 0 fully saturated rings. The van der Waals surface area contributed by atoms with Gasteiger partial charge < -0.3 is 14.3 Å². The minimum Gasteiger partial charge on any atom is -0.462 e. The number of methoxy groups -OCH3 is 1. The van der Waals surface area contributed by atoms with Crippen molar-refractivity contribution in [2.24, 2.45) is 0 Å². The first-order valence-electron chi connectivity index (χ1n) is 5.58. The molecule has 0 atom stereocenters. The maximum absolute atomic E-state index is 8.96. The van der Waals surface area contributed by atoms with Crippen LogP contribution in [0.4, 0.5) is 0 Å². The van der Waals surface area contributed by atoms with Crippen LogP contribution in [0.2, 0.25) is 0 Å². The summed E-state index contributed by atoms with van der Waals surface area (Å²) in [6, 6.07) is 4.28. The van der Waals surface area contributed by atoms with Crippen LogP contribution in [-0.2, 0) is 17.9 Å². The van der Waals surface area contributed by atoms with Crippen molar-refractivity contribution in [3.8, 4) is 0 Å². The van der Waals surface area contributed by atoms with Crippen molar-refractivity contribution in [3.05, 3.63) is 23.7 Å². The minimum absolute atomic E-state index is 0.170. The molecule has 1 rings (SSSR count). The lowest BCUT2D eigenvalue weighted by Crippen LogP contribution is -2.32. The van der Waals surface area contributed by atoms with Gasteiger partial charge in [-0.05, 0) is 26.0 Å². The molecule has 0 saturated heterocycles. The molecular formula is C12H21NO3. The third-order valence-electron chi connectivity index (χ3n) is 2.48. The minimum atomic E-state index is 0.170. The molecule has 0 spiro atoms. The number of aliphatic hydroxyl groups excluding tert-OH is 1. The van der Waals surface area contributed by atoms with E-state index in [1.165, 1.54) is 0 Å². The molecule has 0 aromatic carbocycles. The summed E-state index contributed by atoms with van der Waals surface area (Å²) in [4.78, 5) is 2.16. The maximum Gasteiger partial charge on any atom is 0.129 e. The van der Waals surface area contributed by atoms with E-state index in [0.29, 0.717) is 19.2 Å². The van der Waals surface area contributed by atoms with Gasteiger partial charge in [0, 0.05) is 19.7 Å². The Hall–Kier alpha value is -0.840. The van der Waals surface area contributed by atoms with Crippen molar-refractivity contribution >= 4 is 0 Å². The summed E-state index contributed by atoms with van der Waals surface area (Å²) in [6.07, 6.45) is 0. The monoisotopic (exact) mass is 227 g/mol. The van der Waals surface area contributed by atoms with Crippen molar-refractivity contribution in [1.29, 1.82) is 0 Å². The molecule has 4 nitrogen and oxygen atoms in total. The summed E-state index contributed by atoms with van der Waals surface area (Å²) >= 11 is 0. The largest absolute Gasteiger partial charge is 0.462 e. The molecule has 0 unspecified atom stereocenters. The second kappa shape index (κ2) is 6.68. The summed E-state index contributed by atoms with van der Waals surface area (Å²) in [6.45, 7) is 6.27. The lowest BCUT2D eigenvalue weighted by atomic mass is 10.3. The molecule has 0 aliphatic heterocycles. The van der Waals surface area contributed by atoms with Gasteiger partial charge in [0.05, 0.1) is 13.2 Å². The predicted octanol–water partition coefficient (Wildman–Crippen LogP) is 1.63. The number of furan rings is 1. The maximum atomic E-state index is 8.96. The summed E-state index contributed by atoms with van der Waals surface area (Å²) in [5, 5.41) is 8.96. The molecule has 0 saturated carbocycles. The number of aliphatic hydroxyl groups is 1. The van der Waals surface area contributed by atoms with E-state index in [9.17, 15) is 0 Å². The smallest absolute Gasteiger partial charge is 0.129 e. The molecule has 1 aromatic heterocycles. The van der Waals surface area contributed by atoms with Gasteiger partial charge in [-0.3, -0.25) is 4.90 Å². The summed E-state index contributed by atoms with van der Waals surface area (Å²) in [5.74, 6) is 1.75. The van der Waals surface area contributed by atoms with Crippen molar-refractivity contribution in [2.75, 3.05) is 20.3 Å². The Bertz CT molecular complexity index is 296. The highest BCUT2D eigenvalue weighted by molar-refractivity contribution is 5.06. The molecule has 4 heteroatoms. The van der Waals surface area contributed by atoms with Crippen LogP contribution in [0, 0.1) is 0 Å². The van der Waals surface area contributed by atoms with Gasteiger partial charge in [-0.15, -0.1) is 0 Å². The first-order chi connectivity index (χ1) is 7.67. The first kappa shape index (κ1) is 13.2. The van der Waals surface area contributed by atoms with Crippen LogP contribution in [0.15, 0.2) is 16.5 Å². The summed E-state index contributed by atoms with van der Waals surface area (Å²) in [5.41, 5.74) is 0. The van der Waals surface area contributed by atoms with E-state index in [1.54, 1.807) is 7.11 Å². The normalized spacial score (nSPS) is 11.6. The highest BCUT2D eigenvalue weighted by Gasteiger charge is 2.11. The molecule has 16 heavy (non-hydrogen) atoms. The van der Waals surface area contributed by atoms with E-state index in [4.69, 9.17) is 14.3 Å². The number of hydrogen-bond donors (Lipinski definition) is 1. The van der Waals surface area contributed by atoms with Crippen LogP contribution >= 0.6 is 0 Å². The topological polar surface area (TPSA) is 45.8 Å². The fourth-order valence-electron chi connectivity index (χ4n) is 1.58. The van der Waals surface area contributed by atoms with Gasteiger partial charge in [0.25, 0.3) is 0 Å².